The van der Waals surface area contributed by atoms with Gasteiger partial charge in [-0.1, -0.05) is 31.0 Å². The fourth-order valence-corrected chi connectivity index (χ4v) is 3.35. The molecule has 2 aromatic carbocycles. The third-order valence-corrected chi connectivity index (χ3v) is 4.85. The molecule has 1 amide bonds. The molecule has 3 rings (SSSR count). The van der Waals surface area contributed by atoms with Gasteiger partial charge < -0.3 is 20.3 Å². The van der Waals surface area contributed by atoms with E-state index in [1.165, 1.54) is 13.2 Å². The summed E-state index contributed by atoms with van der Waals surface area (Å²) in [4.78, 5) is 17.1. The number of aromatic hydroxyl groups is 2. The van der Waals surface area contributed by atoms with Crippen molar-refractivity contribution in [3.8, 4) is 17.2 Å². The van der Waals surface area contributed by atoms with Crippen LogP contribution >= 0.6 is 0 Å². The number of amides is 1. The first-order chi connectivity index (χ1) is 13.1. The zero-order chi connectivity index (χ0) is 19.2. The third-order valence-electron chi connectivity index (χ3n) is 4.85. The lowest BCUT2D eigenvalue weighted by molar-refractivity contribution is 0.0919. The minimum absolute atomic E-state index is 0.0350. The highest BCUT2D eigenvalue weighted by molar-refractivity contribution is 5.97. The Morgan fingerprint density at radius 1 is 1.15 bits per heavy atom. The quantitative estimate of drug-likeness (QED) is 0.707. The molecule has 142 valence electrons. The lowest BCUT2D eigenvalue weighted by Gasteiger charge is -2.29. The first kappa shape index (κ1) is 18.8. The van der Waals surface area contributed by atoms with Gasteiger partial charge in [0.1, 0.15) is 5.75 Å². The number of para-hydroxylation sites is 2. The first-order valence-electron chi connectivity index (χ1n) is 9.08. The van der Waals surface area contributed by atoms with Gasteiger partial charge in [-0.25, -0.2) is 0 Å². The van der Waals surface area contributed by atoms with Crippen LogP contribution in [0, 0.1) is 0 Å². The van der Waals surface area contributed by atoms with E-state index in [1.807, 2.05) is 0 Å². The smallest absolute Gasteiger partial charge is 0.255 e. The lowest BCUT2D eigenvalue weighted by Crippen LogP contribution is -2.44. The van der Waals surface area contributed by atoms with Crippen LogP contribution in [0.4, 0.5) is 0 Å². The predicted octanol–water partition coefficient (Wildman–Crippen LogP) is 3.27. The summed E-state index contributed by atoms with van der Waals surface area (Å²) in [5, 5.41) is 23.1. The molecule has 6 nitrogen and oxygen atoms in total. The van der Waals surface area contributed by atoms with Gasteiger partial charge in [-0.15, -0.1) is 0 Å². The summed E-state index contributed by atoms with van der Waals surface area (Å²) in [7, 11) is 1.50. The number of carbonyl (C=O) groups excluding carboxylic acids is 1. The van der Waals surface area contributed by atoms with Gasteiger partial charge in [0.25, 0.3) is 5.91 Å². The summed E-state index contributed by atoms with van der Waals surface area (Å²) in [5.41, 5.74) is 0.835. The molecule has 0 heterocycles. The van der Waals surface area contributed by atoms with E-state index >= 15 is 0 Å². The number of nitrogens with zero attached hydrogens (tertiary/aromatic N) is 1. The van der Waals surface area contributed by atoms with E-state index in [1.54, 1.807) is 42.6 Å². The number of benzene rings is 2. The van der Waals surface area contributed by atoms with Crippen LogP contribution in [0.3, 0.4) is 0 Å². The van der Waals surface area contributed by atoms with Crippen LogP contribution in [-0.4, -0.2) is 41.5 Å². The van der Waals surface area contributed by atoms with E-state index in [4.69, 9.17) is 4.74 Å². The number of nitrogens with one attached hydrogen (secondary N) is 1. The van der Waals surface area contributed by atoms with Crippen LogP contribution in [0.2, 0.25) is 0 Å². The van der Waals surface area contributed by atoms with Gasteiger partial charge in [0, 0.05) is 11.8 Å². The number of rotatable bonds is 5. The van der Waals surface area contributed by atoms with Crippen molar-refractivity contribution in [2.24, 2.45) is 4.99 Å². The molecular weight excluding hydrogens is 344 g/mol. The first-order valence-corrected chi connectivity index (χ1v) is 9.08. The molecule has 1 aliphatic rings. The predicted molar refractivity (Wildman–Crippen MR) is 104 cm³/mol. The summed E-state index contributed by atoms with van der Waals surface area (Å²) in [6.45, 7) is 0. The van der Waals surface area contributed by atoms with Gasteiger partial charge in [-0.3, -0.25) is 9.79 Å². The molecule has 1 aliphatic carbocycles. The maximum absolute atomic E-state index is 12.5. The lowest BCUT2D eigenvalue weighted by atomic mass is 9.90. The average Bonchev–Trinajstić information content (AvgIpc) is 2.68. The van der Waals surface area contributed by atoms with Crippen LogP contribution in [0.15, 0.2) is 47.5 Å². The van der Waals surface area contributed by atoms with Crippen molar-refractivity contribution in [3.63, 3.8) is 0 Å². The van der Waals surface area contributed by atoms with E-state index < -0.39 is 0 Å². The van der Waals surface area contributed by atoms with Crippen molar-refractivity contribution >= 4 is 12.1 Å². The van der Waals surface area contributed by atoms with Crippen molar-refractivity contribution in [2.45, 2.75) is 37.8 Å². The number of phenolic OH excluding ortho intramolecular Hbond substituents is 2. The monoisotopic (exact) mass is 368 g/mol. The van der Waals surface area contributed by atoms with Gasteiger partial charge in [-0.2, -0.15) is 0 Å². The number of phenols is 2. The second-order valence-electron chi connectivity index (χ2n) is 6.63. The second-order valence-corrected chi connectivity index (χ2v) is 6.63. The van der Waals surface area contributed by atoms with Crippen molar-refractivity contribution in [1.82, 2.24) is 5.32 Å². The van der Waals surface area contributed by atoms with E-state index in [9.17, 15) is 15.0 Å². The molecule has 0 radical (unpaired) electrons. The van der Waals surface area contributed by atoms with Crippen LogP contribution in [0.5, 0.6) is 17.2 Å². The molecule has 27 heavy (non-hydrogen) atoms. The molecule has 2 unspecified atom stereocenters. The molecule has 3 N–H and O–H groups in total. The Morgan fingerprint density at radius 3 is 2.70 bits per heavy atom. The topological polar surface area (TPSA) is 91.2 Å². The fourth-order valence-electron chi connectivity index (χ4n) is 3.35. The molecule has 0 bridgehead atoms. The Bertz CT molecular complexity index is 835. The molecule has 2 atom stereocenters. The van der Waals surface area contributed by atoms with Crippen LogP contribution in [0.25, 0.3) is 0 Å². The highest BCUT2D eigenvalue weighted by Gasteiger charge is 2.26. The van der Waals surface area contributed by atoms with Gasteiger partial charge in [-0.05, 0) is 37.1 Å². The maximum Gasteiger partial charge on any atom is 0.255 e. The summed E-state index contributed by atoms with van der Waals surface area (Å²) in [5.74, 6) is 0.109. The Labute approximate surface area is 158 Å². The number of carbonyl (C=O) groups is 1. The summed E-state index contributed by atoms with van der Waals surface area (Å²) in [6.07, 6.45) is 5.36. The summed E-state index contributed by atoms with van der Waals surface area (Å²) < 4.78 is 5.12. The number of hydrogen-bond donors (Lipinski definition) is 3. The van der Waals surface area contributed by atoms with Crippen molar-refractivity contribution < 1.29 is 19.7 Å². The van der Waals surface area contributed by atoms with E-state index in [0.29, 0.717) is 11.3 Å². The molecular formula is C21H24N2O4. The molecule has 0 saturated heterocycles. The molecule has 0 aliphatic heterocycles. The minimum atomic E-state index is -0.301. The Kier molecular flexibility index (Phi) is 5.96. The highest BCUT2D eigenvalue weighted by atomic mass is 16.5. The fraction of sp³-hybridized carbons (Fsp3) is 0.333. The molecule has 0 aromatic heterocycles. The van der Waals surface area contributed by atoms with E-state index in [-0.39, 0.29) is 35.1 Å². The molecule has 2 aromatic rings. The second kappa shape index (κ2) is 8.58. The third kappa shape index (κ3) is 4.39. The van der Waals surface area contributed by atoms with Crippen LogP contribution in [0.1, 0.15) is 41.6 Å². The number of aliphatic imine (C=N–C) groups is 1. The average molecular weight is 368 g/mol. The standard InChI is InChI=1S/C21H24N2O4/c1-27-19-12-6-7-14(20(19)25)13-22-16-9-3-4-10-17(16)23-21(26)15-8-2-5-11-18(15)24/h2,5-8,11-13,16-17,24-25H,3-4,9-10H2,1H3,(H,23,26). The summed E-state index contributed by atoms with van der Waals surface area (Å²) in [6, 6.07) is 11.5. The van der Waals surface area contributed by atoms with Gasteiger partial charge in [0.2, 0.25) is 0 Å². The summed E-state index contributed by atoms with van der Waals surface area (Å²) >= 11 is 0. The van der Waals surface area contributed by atoms with Crippen LogP contribution < -0.4 is 10.1 Å². The van der Waals surface area contributed by atoms with Gasteiger partial charge in [0.05, 0.1) is 24.8 Å². The normalized spacial score (nSPS) is 19.7. The molecule has 0 spiro atoms. The SMILES string of the molecule is COc1cccc(C=NC2CCCCC2NC(=O)c2ccccc2O)c1O. The molecule has 1 saturated carbocycles. The number of methoxy groups -OCH3 is 1. The van der Waals surface area contributed by atoms with Crippen molar-refractivity contribution in [2.75, 3.05) is 7.11 Å². The molecule has 1 fully saturated rings. The maximum atomic E-state index is 12.5. The zero-order valence-corrected chi connectivity index (χ0v) is 15.3. The molecule has 6 heteroatoms. The number of hydrogen-bond acceptors (Lipinski definition) is 5. The van der Waals surface area contributed by atoms with Crippen LogP contribution in [-0.2, 0) is 0 Å². The van der Waals surface area contributed by atoms with Gasteiger partial charge in [0.15, 0.2) is 11.5 Å². The Hall–Kier alpha value is -3.02. The van der Waals surface area contributed by atoms with E-state index in [0.717, 1.165) is 25.7 Å². The van der Waals surface area contributed by atoms with Gasteiger partial charge >= 0.3 is 0 Å². The van der Waals surface area contributed by atoms with E-state index in [2.05, 4.69) is 10.3 Å². The zero-order valence-electron chi connectivity index (χ0n) is 15.3. The Balaban J connectivity index is 1.74. The number of ether oxygens (including phenoxy) is 1. The van der Waals surface area contributed by atoms with Crippen molar-refractivity contribution in [1.29, 1.82) is 0 Å². The minimum Gasteiger partial charge on any atom is -0.507 e. The van der Waals surface area contributed by atoms with Crippen molar-refractivity contribution in [3.05, 3.63) is 53.6 Å². The Morgan fingerprint density at radius 2 is 1.93 bits per heavy atom. The largest absolute Gasteiger partial charge is 0.507 e. The highest BCUT2D eigenvalue weighted by Crippen LogP contribution is 2.29.